The van der Waals surface area contributed by atoms with Crippen molar-refractivity contribution in [3.63, 3.8) is 0 Å². The first-order valence-electron chi connectivity index (χ1n) is 10.3. The molecule has 0 saturated heterocycles. The van der Waals surface area contributed by atoms with Crippen molar-refractivity contribution in [1.82, 2.24) is 0 Å². The number of aromatic hydroxyl groups is 2. The molecule has 0 bridgehead atoms. The predicted octanol–water partition coefficient (Wildman–Crippen LogP) is 5.56. The van der Waals surface area contributed by atoms with Crippen molar-refractivity contribution in [2.24, 2.45) is 0 Å². The second-order valence-corrected chi connectivity index (χ2v) is 12.3. The first-order chi connectivity index (χ1) is 15.0. The fourth-order valence-electron chi connectivity index (χ4n) is 3.66. The zero-order valence-corrected chi connectivity index (χ0v) is 19.6. The predicted molar refractivity (Wildman–Crippen MR) is 132 cm³/mol. The van der Waals surface area contributed by atoms with Gasteiger partial charge in [-0.25, -0.2) is 0 Å². The minimum Gasteiger partial charge on any atom is -0.507 e. The quantitative estimate of drug-likeness (QED) is 0.305. The maximum absolute atomic E-state index is 10.8. The molecule has 4 aromatic rings. The van der Waals surface area contributed by atoms with Crippen LogP contribution in [-0.2, 0) is 0 Å². The third-order valence-electron chi connectivity index (χ3n) is 5.27. The Hall–Kier alpha value is -2.87. The van der Waals surface area contributed by atoms with E-state index >= 15 is 0 Å². The van der Waals surface area contributed by atoms with E-state index in [4.69, 9.17) is 0 Å². The van der Waals surface area contributed by atoms with Gasteiger partial charge >= 0.3 is 0 Å². The van der Waals surface area contributed by atoms with Gasteiger partial charge in [0.2, 0.25) is 0 Å². The van der Waals surface area contributed by atoms with Crippen molar-refractivity contribution in [3.8, 4) is 11.5 Å². The van der Waals surface area contributed by atoms with E-state index in [2.05, 4.69) is 60.7 Å². The highest BCUT2D eigenvalue weighted by molar-refractivity contribution is 7.97. The van der Waals surface area contributed by atoms with Gasteiger partial charge in [-0.15, -0.1) is 0 Å². The average molecular weight is 441 g/mol. The standard InChI is InChI=1S/C27H25O2PSi/c1-19-13-15-23(28)25(17-19)30(26-18-20(2)14-16-24(26)29)31-27(21-9-5-3-6-10-21)22-11-7-4-8-12-22/h3-18,27-29H,1-2H3. The summed E-state index contributed by atoms with van der Waals surface area (Å²) in [5, 5.41) is 23.5. The number of phenolic OH excluding ortho intramolecular Hbond substituents is 2. The molecule has 0 heterocycles. The molecule has 0 aliphatic carbocycles. The Morgan fingerprint density at radius 3 is 1.45 bits per heavy atom. The maximum Gasteiger partial charge on any atom is 0.123 e. The molecule has 4 heteroatoms. The van der Waals surface area contributed by atoms with Gasteiger partial charge < -0.3 is 10.2 Å². The maximum atomic E-state index is 10.8. The van der Waals surface area contributed by atoms with Crippen LogP contribution in [0.5, 0.6) is 11.5 Å². The first-order valence-corrected chi connectivity index (χ1v) is 13.5. The smallest absolute Gasteiger partial charge is 0.123 e. The van der Waals surface area contributed by atoms with Crippen molar-refractivity contribution in [1.29, 1.82) is 0 Å². The highest BCUT2D eigenvalue weighted by Gasteiger charge is 2.27. The van der Waals surface area contributed by atoms with Gasteiger partial charge in [-0.05, 0) is 49.2 Å². The summed E-state index contributed by atoms with van der Waals surface area (Å²) in [4.78, 5) is 0. The van der Waals surface area contributed by atoms with Crippen LogP contribution >= 0.6 is 7.47 Å². The largest absolute Gasteiger partial charge is 0.507 e. The zero-order chi connectivity index (χ0) is 21.8. The summed E-state index contributed by atoms with van der Waals surface area (Å²) in [5.74, 6) is 0.593. The minimum absolute atomic E-state index is 0.174. The van der Waals surface area contributed by atoms with E-state index in [1.807, 2.05) is 38.1 Å². The van der Waals surface area contributed by atoms with E-state index in [0.717, 1.165) is 21.7 Å². The molecule has 0 fully saturated rings. The molecule has 0 aliphatic rings. The lowest BCUT2D eigenvalue weighted by molar-refractivity contribution is 0.479. The Morgan fingerprint density at radius 2 is 1.03 bits per heavy atom. The summed E-state index contributed by atoms with van der Waals surface area (Å²) < 4.78 is 0. The van der Waals surface area contributed by atoms with Gasteiger partial charge in [-0.1, -0.05) is 91.4 Å². The highest BCUT2D eigenvalue weighted by Crippen LogP contribution is 2.43. The van der Waals surface area contributed by atoms with Crippen LogP contribution in [0.15, 0.2) is 97.1 Å². The SMILES string of the molecule is Cc1ccc(O)c(P([Si]C(c2ccccc2)c2ccccc2)c2cc(C)ccc2O)c1. The van der Waals surface area contributed by atoms with E-state index in [9.17, 15) is 10.2 Å². The van der Waals surface area contributed by atoms with Crippen LogP contribution in [0.1, 0.15) is 27.8 Å². The van der Waals surface area contributed by atoms with Gasteiger partial charge in [0.1, 0.15) is 20.7 Å². The number of benzene rings is 4. The second kappa shape index (κ2) is 9.51. The van der Waals surface area contributed by atoms with Crippen LogP contribution in [0, 0.1) is 13.8 Å². The van der Waals surface area contributed by atoms with Crippen molar-refractivity contribution in [3.05, 3.63) is 119 Å². The van der Waals surface area contributed by atoms with Crippen molar-refractivity contribution >= 4 is 27.3 Å². The van der Waals surface area contributed by atoms with Gasteiger partial charge in [0.05, 0.1) is 0 Å². The van der Waals surface area contributed by atoms with E-state index in [-0.39, 0.29) is 5.54 Å². The molecule has 4 rings (SSSR count). The Labute approximate surface area is 187 Å². The molecule has 0 atom stereocenters. The van der Waals surface area contributed by atoms with Gasteiger partial charge in [0.25, 0.3) is 0 Å². The summed E-state index contributed by atoms with van der Waals surface area (Å²) in [6, 6.07) is 32.6. The third-order valence-corrected chi connectivity index (χ3v) is 11.1. The Kier molecular flexibility index (Phi) is 6.55. The zero-order valence-electron chi connectivity index (χ0n) is 17.7. The highest BCUT2D eigenvalue weighted by atomic mass is 31.4. The molecule has 2 radical (unpaired) electrons. The molecule has 31 heavy (non-hydrogen) atoms. The fourth-order valence-corrected chi connectivity index (χ4v) is 9.99. The third kappa shape index (κ3) is 4.90. The molecule has 2 N–H and O–H groups in total. The molecule has 154 valence electrons. The molecule has 2 nitrogen and oxygen atoms in total. The van der Waals surface area contributed by atoms with Gasteiger partial charge in [-0.3, -0.25) is 0 Å². The van der Waals surface area contributed by atoms with Crippen LogP contribution in [0.4, 0.5) is 0 Å². The normalized spacial score (nSPS) is 11.2. The van der Waals surface area contributed by atoms with Crippen LogP contribution in [0.3, 0.4) is 0 Å². The van der Waals surface area contributed by atoms with E-state index in [1.54, 1.807) is 12.1 Å². The fraction of sp³-hybridized carbons (Fsp3) is 0.111. The second-order valence-electron chi connectivity index (χ2n) is 7.70. The monoisotopic (exact) mass is 440 g/mol. The summed E-state index contributed by atoms with van der Waals surface area (Å²) in [7, 11) is -0.529. The van der Waals surface area contributed by atoms with E-state index in [1.165, 1.54) is 11.1 Å². The molecular formula is C27H25O2PSi. The Morgan fingerprint density at radius 1 is 0.613 bits per heavy atom. The van der Waals surface area contributed by atoms with Crippen LogP contribution in [-0.4, -0.2) is 19.4 Å². The molecular weight excluding hydrogens is 415 g/mol. The molecule has 0 amide bonds. The average Bonchev–Trinajstić information content (AvgIpc) is 2.79. The molecule has 0 unspecified atom stereocenters. The number of hydrogen-bond acceptors (Lipinski definition) is 2. The molecule has 0 spiro atoms. The lowest BCUT2D eigenvalue weighted by Crippen LogP contribution is -2.22. The van der Waals surface area contributed by atoms with Crippen molar-refractivity contribution in [2.45, 2.75) is 19.4 Å². The van der Waals surface area contributed by atoms with Crippen molar-refractivity contribution < 1.29 is 10.2 Å². The molecule has 0 aliphatic heterocycles. The lowest BCUT2D eigenvalue weighted by atomic mass is 10.0. The lowest BCUT2D eigenvalue weighted by Gasteiger charge is -2.26. The number of phenols is 2. The van der Waals surface area contributed by atoms with E-state index in [0.29, 0.717) is 20.7 Å². The Balaban J connectivity index is 1.88. The topological polar surface area (TPSA) is 40.5 Å². The molecule has 0 aromatic heterocycles. The number of aryl methyl sites for hydroxylation is 2. The number of rotatable bonds is 6. The van der Waals surface area contributed by atoms with Crippen LogP contribution in [0.25, 0.3) is 0 Å². The summed E-state index contributed by atoms with van der Waals surface area (Å²) in [6.07, 6.45) is 0. The van der Waals surface area contributed by atoms with Gasteiger partial charge in [-0.2, -0.15) is 0 Å². The summed E-state index contributed by atoms with van der Waals surface area (Å²) in [6.45, 7) is 4.09. The summed E-state index contributed by atoms with van der Waals surface area (Å²) >= 11 is 0. The van der Waals surface area contributed by atoms with Crippen LogP contribution in [0.2, 0.25) is 0 Å². The van der Waals surface area contributed by atoms with E-state index < -0.39 is 7.47 Å². The first kappa shape index (κ1) is 21.4. The van der Waals surface area contributed by atoms with Gasteiger partial charge in [0, 0.05) is 16.2 Å². The van der Waals surface area contributed by atoms with Crippen molar-refractivity contribution in [2.75, 3.05) is 0 Å². The van der Waals surface area contributed by atoms with Gasteiger partial charge in [0.15, 0.2) is 0 Å². The summed E-state index contributed by atoms with van der Waals surface area (Å²) in [5.41, 5.74) is 4.88. The number of hydrogen-bond donors (Lipinski definition) is 2. The van der Waals surface area contributed by atoms with Crippen LogP contribution < -0.4 is 10.6 Å². The molecule has 0 saturated carbocycles. The molecule has 4 aromatic carbocycles. The minimum atomic E-state index is -0.984. The Bertz CT molecular complexity index is 1070.